The summed E-state index contributed by atoms with van der Waals surface area (Å²) in [6.07, 6.45) is 4.63. The molecule has 1 amide bonds. The molecule has 20 heavy (non-hydrogen) atoms. The number of aryl methyl sites for hydroxylation is 2. The van der Waals surface area contributed by atoms with Gasteiger partial charge in [0.25, 0.3) is 0 Å². The van der Waals surface area contributed by atoms with Crippen molar-refractivity contribution in [2.45, 2.75) is 32.1 Å². The van der Waals surface area contributed by atoms with Crippen LogP contribution in [0, 0.1) is 5.92 Å². The van der Waals surface area contributed by atoms with Crippen LogP contribution in [0.3, 0.4) is 0 Å². The first-order chi connectivity index (χ1) is 9.53. The molecule has 5 nitrogen and oxygen atoms in total. The lowest BCUT2D eigenvalue weighted by molar-refractivity contribution is -0.124. The molecule has 2 heterocycles. The lowest BCUT2D eigenvalue weighted by atomic mass is 10.1. The number of hydrogen-bond donors (Lipinski definition) is 1. The zero-order chi connectivity index (χ0) is 14.2. The molecule has 1 N–H and O–H groups in total. The molecule has 0 radical (unpaired) electrons. The van der Waals surface area contributed by atoms with Gasteiger partial charge in [-0.15, -0.1) is 11.3 Å². The summed E-state index contributed by atoms with van der Waals surface area (Å²) >= 11 is 1.75. The molecular weight excluding hydrogens is 296 g/mol. The molecule has 7 heteroatoms. The van der Waals surface area contributed by atoms with Crippen molar-refractivity contribution in [3.8, 4) is 0 Å². The standard InChI is InChI=1S/C13H18N2O3S2/c16-13(9-5-7-20(17,18)8-9)14-6-4-12-15-10-2-1-3-11(10)19-12/h9H,1-8H2,(H,14,16)/t9-/m0/s1. The first kappa shape index (κ1) is 14.0. The van der Waals surface area contributed by atoms with E-state index in [0.29, 0.717) is 13.0 Å². The molecule has 0 spiro atoms. The third-order valence-corrected chi connectivity index (χ3v) is 6.87. The van der Waals surface area contributed by atoms with Crippen LogP contribution in [0.25, 0.3) is 0 Å². The fourth-order valence-electron chi connectivity index (χ4n) is 2.79. The van der Waals surface area contributed by atoms with E-state index in [2.05, 4.69) is 10.3 Å². The number of fused-ring (bicyclic) bond motifs is 1. The minimum absolute atomic E-state index is 0.00435. The summed E-state index contributed by atoms with van der Waals surface area (Å²) in [5.41, 5.74) is 1.23. The Labute approximate surface area is 122 Å². The Morgan fingerprint density at radius 2 is 2.25 bits per heavy atom. The summed E-state index contributed by atoms with van der Waals surface area (Å²) in [6.45, 7) is 0.543. The Bertz CT molecular complexity index is 600. The van der Waals surface area contributed by atoms with Gasteiger partial charge in [0.05, 0.1) is 28.1 Å². The summed E-state index contributed by atoms with van der Waals surface area (Å²) in [6, 6.07) is 0. The molecule has 1 aliphatic heterocycles. The van der Waals surface area contributed by atoms with Crippen LogP contribution < -0.4 is 5.32 Å². The average molecular weight is 314 g/mol. The van der Waals surface area contributed by atoms with E-state index in [1.54, 1.807) is 11.3 Å². The molecule has 0 saturated carbocycles. The van der Waals surface area contributed by atoms with Crippen LogP contribution in [0.5, 0.6) is 0 Å². The number of nitrogens with one attached hydrogen (secondary N) is 1. The van der Waals surface area contributed by atoms with Gasteiger partial charge in [-0.25, -0.2) is 13.4 Å². The van der Waals surface area contributed by atoms with E-state index < -0.39 is 9.84 Å². The van der Waals surface area contributed by atoms with Crippen molar-refractivity contribution in [2.24, 2.45) is 5.92 Å². The molecule has 110 valence electrons. The molecule has 0 aromatic carbocycles. The van der Waals surface area contributed by atoms with E-state index in [1.165, 1.54) is 17.0 Å². The molecule has 1 fully saturated rings. The van der Waals surface area contributed by atoms with Crippen molar-refractivity contribution in [1.29, 1.82) is 0 Å². The number of aromatic nitrogens is 1. The van der Waals surface area contributed by atoms with Crippen molar-refractivity contribution < 1.29 is 13.2 Å². The normalized spacial score (nSPS) is 23.7. The molecule has 1 aromatic heterocycles. The van der Waals surface area contributed by atoms with Crippen molar-refractivity contribution in [1.82, 2.24) is 10.3 Å². The molecule has 0 unspecified atom stereocenters. The van der Waals surface area contributed by atoms with Gasteiger partial charge in [-0.3, -0.25) is 4.79 Å². The Morgan fingerprint density at radius 3 is 2.95 bits per heavy atom. The molecule has 1 atom stereocenters. The van der Waals surface area contributed by atoms with Gasteiger partial charge in [-0.2, -0.15) is 0 Å². The fraction of sp³-hybridized carbons (Fsp3) is 0.692. The topological polar surface area (TPSA) is 76.1 Å². The van der Waals surface area contributed by atoms with E-state index in [-0.39, 0.29) is 23.3 Å². The maximum atomic E-state index is 11.9. The van der Waals surface area contributed by atoms with Crippen LogP contribution in [0.1, 0.15) is 28.4 Å². The van der Waals surface area contributed by atoms with Crippen LogP contribution in [-0.2, 0) is 33.9 Å². The van der Waals surface area contributed by atoms with E-state index in [0.717, 1.165) is 24.3 Å². The van der Waals surface area contributed by atoms with Crippen molar-refractivity contribution in [2.75, 3.05) is 18.1 Å². The number of nitrogens with zero attached hydrogens (tertiary/aromatic N) is 1. The van der Waals surface area contributed by atoms with Gasteiger partial charge >= 0.3 is 0 Å². The molecule has 1 aliphatic carbocycles. The molecule has 0 bridgehead atoms. The number of hydrogen-bond acceptors (Lipinski definition) is 5. The predicted octanol–water partition coefficient (Wildman–Crippen LogP) is 0.725. The van der Waals surface area contributed by atoms with E-state index >= 15 is 0 Å². The van der Waals surface area contributed by atoms with E-state index in [1.807, 2.05) is 0 Å². The summed E-state index contributed by atoms with van der Waals surface area (Å²) in [4.78, 5) is 17.8. The number of rotatable bonds is 4. The van der Waals surface area contributed by atoms with Gasteiger partial charge in [0, 0.05) is 17.8 Å². The van der Waals surface area contributed by atoms with Gasteiger partial charge in [0.2, 0.25) is 5.91 Å². The maximum absolute atomic E-state index is 11.9. The Morgan fingerprint density at radius 1 is 1.40 bits per heavy atom. The van der Waals surface area contributed by atoms with Gasteiger partial charge in [0.15, 0.2) is 9.84 Å². The number of thiazole rings is 1. The van der Waals surface area contributed by atoms with Crippen LogP contribution in [-0.4, -0.2) is 37.4 Å². The highest BCUT2D eigenvalue weighted by molar-refractivity contribution is 7.91. The first-order valence-corrected chi connectivity index (χ1v) is 9.63. The first-order valence-electron chi connectivity index (χ1n) is 6.99. The monoisotopic (exact) mass is 314 g/mol. The number of amides is 1. The molecule has 3 rings (SSSR count). The predicted molar refractivity (Wildman–Crippen MR) is 77.6 cm³/mol. The number of sulfone groups is 1. The van der Waals surface area contributed by atoms with Crippen LogP contribution in [0.4, 0.5) is 0 Å². The number of carbonyl (C=O) groups excluding carboxylic acids is 1. The van der Waals surface area contributed by atoms with E-state index in [9.17, 15) is 13.2 Å². The van der Waals surface area contributed by atoms with Crippen molar-refractivity contribution >= 4 is 27.1 Å². The highest BCUT2D eigenvalue weighted by Crippen LogP contribution is 2.27. The quantitative estimate of drug-likeness (QED) is 0.889. The molecule has 1 saturated heterocycles. The third-order valence-electron chi connectivity index (χ3n) is 3.88. The summed E-state index contributed by atoms with van der Waals surface area (Å²) in [5, 5.41) is 3.92. The SMILES string of the molecule is O=C(NCCc1nc2c(s1)CCC2)[C@H]1CCS(=O)(=O)C1. The van der Waals surface area contributed by atoms with Crippen LogP contribution in [0.15, 0.2) is 0 Å². The Hall–Kier alpha value is -0.950. The van der Waals surface area contributed by atoms with Gasteiger partial charge in [-0.05, 0) is 25.7 Å². The Balaban J connectivity index is 1.46. The summed E-state index contributed by atoms with van der Waals surface area (Å²) in [7, 11) is -2.99. The van der Waals surface area contributed by atoms with Gasteiger partial charge < -0.3 is 5.32 Å². The zero-order valence-corrected chi connectivity index (χ0v) is 12.9. The second-order valence-electron chi connectivity index (χ2n) is 5.47. The minimum Gasteiger partial charge on any atom is -0.355 e. The van der Waals surface area contributed by atoms with Gasteiger partial charge in [-0.1, -0.05) is 0 Å². The molecular formula is C13H18N2O3S2. The summed E-state index contributed by atoms with van der Waals surface area (Å²) in [5.74, 6) is -0.342. The lowest BCUT2D eigenvalue weighted by Gasteiger charge is -2.08. The zero-order valence-electron chi connectivity index (χ0n) is 11.2. The van der Waals surface area contributed by atoms with Crippen molar-refractivity contribution in [3.63, 3.8) is 0 Å². The van der Waals surface area contributed by atoms with Gasteiger partial charge in [0.1, 0.15) is 0 Å². The van der Waals surface area contributed by atoms with Crippen LogP contribution >= 0.6 is 11.3 Å². The second-order valence-corrected chi connectivity index (χ2v) is 8.87. The highest BCUT2D eigenvalue weighted by atomic mass is 32.2. The lowest BCUT2D eigenvalue weighted by Crippen LogP contribution is -2.32. The molecule has 1 aromatic rings. The minimum atomic E-state index is -2.99. The highest BCUT2D eigenvalue weighted by Gasteiger charge is 2.32. The average Bonchev–Trinajstić information content (AvgIpc) is 3.02. The van der Waals surface area contributed by atoms with Crippen LogP contribution in [0.2, 0.25) is 0 Å². The third kappa shape index (κ3) is 3.03. The number of carbonyl (C=O) groups is 1. The smallest absolute Gasteiger partial charge is 0.224 e. The van der Waals surface area contributed by atoms with Crippen molar-refractivity contribution in [3.05, 3.63) is 15.6 Å². The van der Waals surface area contributed by atoms with E-state index in [4.69, 9.17) is 0 Å². The summed E-state index contributed by atoms with van der Waals surface area (Å²) < 4.78 is 22.7. The Kier molecular flexibility index (Phi) is 3.81. The largest absolute Gasteiger partial charge is 0.355 e. The fourth-order valence-corrected chi connectivity index (χ4v) is 5.69. The molecule has 2 aliphatic rings. The second kappa shape index (κ2) is 5.44. The maximum Gasteiger partial charge on any atom is 0.224 e.